The Kier molecular flexibility index (Phi) is 5.15. The van der Waals surface area contributed by atoms with Gasteiger partial charge in [-0.15, -0.1) is 11.3 Å². The summed E-state index contributed by atoms with van der Waals surface area (Å²) in [5.74, 6) is -2.60. The monoisotopic (exact) mass is 537 g/mol. The van der Waals surface area contributed by atoms with Crippen LogP contribution in [0.3, 0.4) is 0 Å². The Morgan fingerprint density at radius 2 is 1.55 bits per heavy atom. The number of rotatable bonds is 4. The normalized spacial score (nSPS) is 24.9. The van der Waals surface area contributed by atoms with Gasteiger partial charge in [-0.25, -0.2) is 10.3 Å². The van der Waals surface area contributed by atoms with E-state index >= 15 is 0 Å². The van der Waals surface area contributed by atoms with E-state index in [1.807, 2.05) is 53.9 Å². The molecule has 2 atom stereocenters. The number of imide groups is 1. The van der Waals surface area contributed by atoms with Gasteiger partial charge in [-0.2, -0.15) is 5.10 Å². The van der Waals surface area contributed by atoms with Gasteiger partial charge < -0.3 is 0 Å². The summed E-state index contributed by atoms with van der Waals surface area (Å²) in [6, 6.07) is 26.2. The molecule has 1 fully saturated rings. The Bertz CT molecular complexity index is 1620. The highest BCUT2D eigenvalue weighted by molar-refractivity contribution is 7.12. The van der Waals surface area contributed by atoms with Crippen molar-refractivity contribution in [2.75, 3.05) is 4.90 Å². The van der Waals surface area contributed by atoms with E-state index < -0.39 is 17.3 Å². The second-order valence-corrected chi connectivity index (χ2v) is 11.0. The largest absolute Gasteiger partial charge is 0.281 e. The molecule has 3 aliphatic carbocycles. The average molecular weight is 538 g/mol. The Morgan fingerprint density at radius 1 is 0.895 bits per heavy atom. The zero-order chi connectivity index (χ0) is 26.0. The van der Waals surface area contributed by atoms with Gasteiger partial charge in [0, 0.05) is 12.1 Å². The van der Waals surface area contributed by atoms with Crippen LogP contribution in [0, 0.1) is 11.8 Å². The van der Waals surface area contributed by atoms with Crippen molar-refractivity contribution < 1.29 is 14.4 Å². The Labute approximate surface area is 227 Å². The van der Waals surface area contributed by atoms with Crippen LogP contribution in [-0.4, -0.2) is 23.9 Å². The maximum atomic E-state index is 14.3. The number of carbonyl (C=O) groups excluding carboxylic acids is 3. The van der Waals surface area contributed by atoms with E-state index in [1.165, 1.54) is 16.2 Å². The van der Waals surface area contributed by atoms with Crippen LogP contribution in [0.2, 0.25) is 5.02 Å². The molecule has 0 radical (unpaired) electrons. The molecule has 38 heavy (non-hydrogen) atoms. The van der Waals surface area contributed by atoms with Crippen LogP contribution >= 0.6 is 22.9 Å². The number of anilines is 1. The van der Waals surface area contributed by atoms with Gasteiger partial charge in [-0.3, -0.25) is 14.4 Å². The molecule has 4 aliphatic rings. The van der Waals surface area contributed by atoms with Crippen molar-refractivity contribution in [1.82, 2.24) is 5.43 Å². The second kappa shape index (κ2) is 8.48. The minimum Gasteiger partial charge on any atom is -0.274 e. The molecule has 2 heterocycles. The molecule has 1 aliphatic heterocycles. The van der Waals surface area contributed by atoms with E-state index in [1.54, 1.807) is 42.6 Å². The Morgan fingerprint density at radius 3 is 2.21 bits per heavy atom. The average Bonchev–Trinajstić information content (AvgIpc) is 3.57. The summed E-state index contributed by atoms with van der Waals surface area (Å²) < 4.78 is 0. The maximum absolute atomic E-state index is 14.3. The van der Waals surface area contributed by atoms with Gasteiger partial charge >= 0.3 is 0 Å². The number of hydrazone groups is 1. The van der Waals surface area contributed by atoms with Gasteiger partial charge in [-0.1, -0.05) is 78.3 Å². The first-order valence-electron chi connectivity index (χ1n) is 12.2. The molecule has 8 heteroatoms. The summed E-state index contributed by atoms with van der Waals surface area (Å²) in [7, 11) is 0. The molecule has 0 saturated carbocycles. The minimum absolute atomic E-state index is 0.275. The maximum Gasteiger partial charge on any atom is 0.281 e. The number of thiophene rings is 1. The van der Waals surface area contributed by atoms with Gasteiger partial charge in [-0.05, 0) is 45.8 Å². The standard InChI is InChI=1S/C30H20ClN3O3S/c31-21-12-5-6-13-22(21)34-28(36)25-24-17-8-1-3-10-19(17)30(26(25)29(34)37,20-11-4-2-9-18(20)24)16-32-33-27(35)23-14-7-15-38-23/h1-16,24-26H,(H,33,35)/b32-16-/t24?,25-,26+,30?/m1/s1. The predicted octanol–water partition coefficient (Wildman–Crippen LogP) is 5.37. The summed E-state index contributed by atoms with van der Waals surface area (Å²) in [6.07, 6.45) is 1.66. The van der Waals surface area contributed by atoms with Crippen molar-refractivity contribution in [2.24, 2.45) is 16.9 Å². The first-order valence-corrected chi connectivity index (χ1v) is 13.5. The van der Waals surface area contributed by atoms with Crippen molar-refractivity contribution in [3.8, 4) is 0 Å². The summed E-state index contributed by atoms with van der Waals surface area (Å²) in [5.41, 5.74) is 5.78. The van der Waals surface area contributed by atoms with Crippen LogP contribution in [0.5, 0.6) is 0 Å². The van der Waals surface area contributed by atoms with Crippen LogP contribution in [-0.2, 0) is 15.0 Å². The van der Waals surface area contributed by atoms with Gasteiger partial charge in [0.15, 0.2) is 0 Å². The van der Waals surface area contributed by atoms with Crippen LogP contribution in [0.25, 0.3) is 0 Å². The van der Waals surface area contributed by atoms with Crippen LogP contribution < -0.4 is 10.3 Å². The molecule has 4 aromatic rings. The molecule has 0 spiro atoms. The van der Waals surface area contributed by atoms with Gasteiger partial charge in [0.2, 0.25) is 11.8 Å². The van der Waals surface area contributed by atoms with Crippen molar-refractivity contribution >= 4 is 52.6 Å². The third-order valence-electron chi connectivity index (χ3n) is 7.96. The summed E-state index contributed by atoms with van der Waals surface area (Å²) in [4.78, 5) is 42.9. The quantitative estimate of drug-likeness (QED) is 0.216. The topological polar surface area (TPSA) is 78.8 Å². The van der Waals surface area contributed by atoms with Crippen molar-refractivity contribution in [1.29, 1.82) is 0 Å². The minimum atomic E-state index is -1.06. The highest BCUT2D eigenvalue weighted by Crippen LogP contribution is 2.63. The molecule has 0 unspecified atom stereocenters. The van der Waals surface area contributed by atoms with Crippen LogP contribution in [0.4, 0.5) is 5.69 Å². The molecular weight excluding hydrogens is 518 g/mol. The number of amides is 3. The summed E-state index contributed by atoms with van der Waals surface area (Å²) >= 11 is 7.80. The van der Waals surface area contributed by atoms with Gasteiger partial charge in [0.25, 0.3) is 5.91 Å². The van der Waals surface area contributed by atoms with Gasteiger partial charge in [0.1, 0.15) is 0 Å². The van der Waals surface area contributed by atoms with E-state index in [0.717, 1.165) is 22.3 Å². The van der Waals surface area contributed by atoms with E-state index in [-0.39, 0.29) is 23.6 Å². The van der Waals surface area contributed by atoms with E-state index in [9.17, 15) is 14.4 Å². The molecule has 1 aromatic heterocycles. The lowest BCUT2D eigenvalue weighted by atomic mass is 9.47. The lowest BCUT2D eigenvalue weighted by Crippen LogP contribution is -2.54. The number of carbonyl (C=O) groups is 3. The van der Waals surface area contributed by atoms with Crippen LogP contribution in [0.1, 0.15) is 37.8 Å². The summed E-state index contributed by atoms with van der Waals surface area (Å²) in [5, 5.41) is 6.58. The zero-order valence-electron chi connectivity index (χ0n) is 19.9. The van der Waals surface area contributed by atoms with E-state index in [0.29, 0.717) is 15.6 Å². The molecule has 2 bridgehead atoms. The predicted molar refractivity (Wildman–Crippen MR) is 147 cm³/mol. The SMILES string of the molecule is O=C(N/N=C\C12c3ccccc3C(c3ccccc31)[C@H]1C(=O)N(c3ccccc3Cl)C(=O)[C@H]12)c1cccs1. The number of nitrogens with zero attached hydrogens (tertiary/aromatic N) is 2. The molecule has 6 nitrogen and oxygen atoms in total. The number of para-hydroxylation sites is 1. The molecule has 186 valence electrons. The first kappa shape index (κ1) is 23.1. The zero-order valence-corrected chi connectivity index (χ0v) is 21.4. The summed E-state index contributed by atoms with van der Waals surface area (Å²) in [6.45, 7) is 0. The highest BCUT2D eigenvalue weighted by Gasteiger charge is 2.68. The third-order valence-corrected chi connectivity index (χ3v) is 9.14. The number of nitrogens with one attached hydrogen (secondary N) is 1. The smallest absolute Gasteiger partial charge is 0.274 e. The number of benzene rings is 3. The van der Waals surface area contributed by atoms with Crippen molar-refractivity contribution in [2.45, 2.75) is 11.3 Å². The lowest BCUT2D eigenvalue weighted by Gasteiger charge is -2.52. The molecule has 1 saturated heterocycles. The van der Waals surface area contributed by atoms with Crippen molar-refractivity contribution in [3.63, 3.8) is 0 Å². The Balaban J connectivity index is 1.44. The Hall–Kier alpha value is -4.07. The lowest BCUT2D eigenvalue weighted by molar-refractivity contribution is -0.122. The van der Waals surface area contributed by atoms with Crippen LogP contribution in [0.15, 0.2) is 95.4 Å². The molecular formula is C30H20ClN3O3S. The van der Waals surface area contributed by atoms with E-state index in [4.69, 9.17) is 11.6 Å². The fourth-order valence-corrected chi connectivity index (χ4v) is 7.41. The number of halogens is 1. The fourth-order valence-electron chi connectivity index (χ4n) is 6.58. The van der Waals surface area contributed by atoms with E-state index in [2.05, 4.69) is 10.5 Å². The number of hydrogen-bond donors (Lipinski definition) is 1. The fraction of sp³-hybridized carbons (Fsp3) is 0.133. The highest BCUT2D eigenvalue weighted by atomic mass is 35.5. The molecule has 8 rings (SSSR count). The molecule has 1 N–H and O–H groups in total. The first-order chi connectivity index (χ1) is 18.5. The second-order valence-electron chi connectivity index (χ2n) is 9.66. The molecule has 3 aromatic carbocycles. The number of hydrogen-bond acceptors (Lipinski definition) is 5. The van der Waals surface area contributed by atoms with Gasteiger partial charge in [0.05, 0.1) is 32.8 Å². The molecule has 3 amide bonds. The van der Waals surface area contributed by atoms with Crippen molar-refractivity contribution in [3.05, 3.63) is 122 Å². The third kappa shape index (κ3) is 3.00.